The second-order valence-corrected chi connectivity index (χ2v) is 8.22. The van der Waals surface area contributed by atoms with Crippen LogP contribution in [0.1, 0.15) is 38.8 Å². The van der Waals surface area contributed by atoms with Crippen LogP contribution in [0.15, 0.2) is 72.8 Å². The molecule has 0 fully saturated rings. The first-order chi connectivity index (χ1) is 15.0. The van der Waals surface area contributed by atoms with Gasteiger partial charge in [0.1, 0.15) is 11.4 Å². The average molecular weight is 430 g/mol. The summed E-state index contributed by atoms with van der Waals surface area (Å²) in [6.45, 7) is 2.47. The van der Waals surface area contributed by atoms with Crippen LogP contribution in [0.5, 0.6) is 5.75 Å². The number of aromatic nitrogens is 2. The van der Waals surface area contributed by atoms with E-state index in [-0.39, 0.29) is 17.7 Å². The minimum absolute atomic E-state index is 0.103. The predicted octanol–water partition coefficient (Wildman–Crippen LogP) is 5.49. The molecule has 0 aliphatic carbocycles. The van der Waals surface area contributed by atoms with E-state index in [2.05, 4.69) is 10.2 Å². The van der Waals surface area contributed by atoms with Crippen LogP contribution in [0.2, 0.25) is 5.02 Å². The van der Waals surface area contributed by atoms with Gasteiger partial charge in [0.2, 0.25) is 0 Å². The molecule has 31 heavy (non-hydrogen) atoms. The SMILES string of the molecule is Cc1ccc(-c2n[nH]c3c2C(c2ccc(O)cc2)N(Cc2ccc(Cl)cc2)C3=O)cc1. The summed E-state index contributed by atoms with van der Waals surface area (Å²) in [5, 5.41) is 17.9. The second kappa shape index (κ2) is 7.60. The Hall–Kier alpha value is -3.57. The third-order valence-electron chi connectivity index (χ3n) is 5.66. The fourth-order valence-corrected chi connectivity index (χ4v) is 4.21. The Balaban J connectivity index is 1.63. The Kier molecular flexibility index (Phi) is 4.75. The molecule has 1 aliphatic heterocycles. The molecule has 154 valence electrons. The van der Waals surface area contributed by atoms with Gasteiger partial charge in [0, 0.05) is 22.7 Å². The third kappa shape index (κ3) is 3.47. The number of amides is 1. The lowest BCUT2D eigenvalue weighted by Gasteiger charge is -2.26. The van der Waals surface area contributed by atoms with E-state index in [9.17, 15) is 9.90 Å². The van der Waals surface area contributed by atoms with Crippen LogP contribution < -0.4 is 0 Å². The molecule has 5 nitrogen and oxygen atoms in total. The number of halogens is 1. The molecule has 0 bridgehead atoms. The number of benzene rings is 3. The number of nitrogens with one attached hydrogen (secondary N) is 1. The summed E-state index contributed by atoms with van der Waals surface area (Å²) in [4.78, 5) is 15.2. The second-order valence-electron chi connectivity index (χ2n) is 7.78. The molecule has 0 saturated heterocycles. The van der Waals surface area contributed by atoms with Crippen molar-refractivity contribution in [2.45, 2.75) is 19.5 Å². The van der Waals surface area contributed by atoms with Crippen molar-refractivity contribution in [2.24, 2.45) is 0 Å². The summed E-state index contributed by atoms with van der Waals surface area (Å²) in [6.07, 6.45) is 0. The van der Waals surface area contributed by atoms with E-state index in [0.29, 0.717) is 17.3 Å². The normalized spacial score (nSPS) is 15.4. The number of phenols is 1. The third-order valence-corrected chi connectivity index (χ3v) is 5.92. The standard InChI is InChI=1S/C25H20ClN3O2/c1-15-2-6-17(7-3-15)22-21-23(28-27-22)25(31)29(14-16-4-10-19(26)11-5-16)24(21)18-8-12-20(30)13-9-18/h2-13,24,30H,14H2,1H3,(H,27,28). The predicted molar refractivity (Wildman–Crippen MR) is 120 cm³/mol. The zero-order chi connectivity index (χ0) is 21.5. The van der Waals surface area contributed by atoms with Crippen molar-refractivity contribution < 1.29 is 9.90 Å². The van der Waals surface area contributed by atoms with Crippen LogP contribution in [-0.2, 0) is 6.54 Å². The van der Waals surface area contributed by atoms with Gasteiger partial charge in [-0.1, -0.05) is 65.7 Å². The number of hydrogen-bond acceptors (Lipinski definition) is 3. The lowest BCUT2D eigenvalue weighted by molar-refractivity contribution is 0.0730. The first kappa shape index (κ1) is 19.4. The molecule has 1 aromatic heterocycles. The summed E-state index contributed by atoms with van der Waals surface area (Å²) >= 11 is 6.03. The van der Waals surface area contributed by atoms with Gasteiger partial charge in [0.15, 0.2) is 0 Å². The lowest BCUT2D eigenvalue weighted by atomic mass is 9.95. The topological polar surface area (TPSA) is 69.2 Å². The number of aromatic hydroxyl groups is 1. The van der Waals surface area contributed by atoms with Gasteiger partial charge >= 0.3 is 0 Å². The van der Waals surface area contributed by atoms with Crippen LogP contribution >= 0.6 is 11.6 Å². The highest BCUT2D eigenvalue weighted by molar-refractivity contribution is 6.30. The number of carbonyl (C=O) groups is 1. The molecule has 5 rings (SSSR count). The van der Waals surface area contributed by atoms with E-state index in [1.165, 1.54) is 0 Å². The number of fused-ring (bicyclic) bond motifs is 1. The lowest BCUT2D eigenvalue weighted by Crippen LogP contribution is -2.29. The van der Waals surface area contributed by atoms with E-state index >= 15 is 0 Å². The molecule has 6 heteroatoms. The number of phenolic OH excluding ortho intramolecular Hbond substituents is 1. The van der Waals surface area contributed by atoms with E-state index < -0.39 is 0 Å². The number of nitrogens with zero attached hydrogens (tertiary/aromatic N) is 2. The molecule has 0 radical (unpaired) electrons. The Morgan fingerprint density at radius 2 is 1.68 bits per heavy atom. The summed E-state index contributed by atoms with van der Waals surface area (Å²) in [6, 6.07) is 22.3. The Labute approximate surface area is 184 Å². The van der Waals surface area contributed by atoms with Gasteiger partial charge in [-0.05, 0) is 42.3 Å². The smallest absolute Gasteiger partial charge is 0.273 e. The van der Waals surface area contributed by atoms with Crippen molar-refractivity contribution >= 4 is 17.5 Å². The van der Waals surface area contributed by atoms with Crippen molar-refractivity contribution in [2.75, 3.05) is 0 Å². The van der Waals surface area contributed by atoms with E-state index in [4.69, 9.17) is 11.6 Å². The van der Waals surface area contributed by atoms with Crippen molar-refractivity contribution in [3.05, 3.63) is 106 Å². The fraction of sp³-hybridized carbons (Fsp3) is 0.120. The average Bonchev–Trinajstić information content (AvgIpc) is 3.31. The van der Waals surface area contributed by atoms with Crippen molar-refractivity contribution in [3.8, 4) is 17.0 Å². The number of rotatable bonds is 4. The van der Waals surface area contributed by atoms with Crippen LogP contribution in [0.4, 0.5) is 0 Å². The Bertz CT molecular complexity index is 1250. The van der Waals surface area contributed by atoms with Crippen molar-refractivity contribution in [3.63, 3.8) is 0 Å². The van der Waals surface area contributed by atoms with Crippen LogP contribution in [-0.4, -0.2) is 26.1 Å². The highest BCUT2D eigenvalue weighted by Crippen LogP contribution is 2.43. The van der Waals surface area contributed by atoms with Crippen LogP contribution in [0.3, 0.4) is 0 Å². The largest absolute Gasteiger partial charge is 0.508 e. The monoisotopic (exact) mass is 429 g/mol. The van der Waals surface area contributed by atoms with Crippen LogP contribution in [0.25, 0.3) is 11.3 Å². The zero-order valence-electron chi connectivity index (χ0n) is 16.8. The maximum Gasteiger partial charge on any atom is 0.273 e. The summed E-state index contributed by atoms with van der Waals surface area (Å²) in [7, 11) is 0. The van der Waals surface area contributed by atoms with Gasteiger partial charge in [-0.25, -0.2) is 0 Å². The zero-order valence-corrected chi connectivity index (χ0v) is 17.6. The molecule has 1 atom stereocenters. The highest BCUT2D eigenvalue weighted by Gasteiger charge is 2.42. The molecule has 2 N–H and O–H groups in total. The van der Waals surface area contributed by atoms with Gasteiger partial charge in [0.05, 0.1) is 11.7 Å². The molecule has 3 aromatic carbocycles. The molecule has 0 saturated carbocycles. The molecule has 1 amide bonds. The number of aromatic amines is 1. The number of aryl methyl sites for hydroxylation is 1. The van der Waals surface area contributed by atoms with Crippen molar-refractivity contribution in [1.29, 1.82) is 0 Å². The summed E-state index contributed by atoms with van der Waals surface area (Å²) < 4.78 is 0. The minimum Gasteiger partial charge on any atom is -0.508 e. The molecule has 2 heterocycles. The van der Waals surface area contributed by atoms with E-state index in [1.807, 2.05) is 72.5 Å². The number of hydrogen-bond donors (Lipinski definition) is 2. The van der Waals surface area contributed by atoms with Gasteiger partial charge in [-0.3, -0.25) is 9.89 Å². The summed E-state index contributed by atoms with van der Waals surface area (Å²) in [5.41, 5.74) is 6.13. The van der Waals surface area contributed by atoms with Crippen LogP contribution in [0, 0.1) is 6.92 Å². The maximum absolute atomic E-state index is 13.4. The minimum atomic E-state index is -0.325. The highest BCUT2D eigenvalue weighted by atomic mass is 35.5. The van der Waals surface area contributed by atoms with Gasteiger partial charge in [-0.15, -0.1) is 0 Å². The van der Waals surface area contributed by atoms with Gasteiger partial charge in [-0.2, -0.15) is 5.10 Å². The van der Waals surface area contributed by atoms with Gasteiger partial charge in [0.25, 0.3) is 5.91 Å². The number of H-pyrrole nitrogens is 1. The molecule has 1 unspecified atom stereocenters. The molecule has 4 aromatic rings. The van der Waals surface area contributed by atoms with Gasteiger partial charge < -0.3 is 10.0 Å². The van der Waals surface area contributed by atoms with E-state index in [0.717, 1.165) is 33.5 Å². The maximum atomic E-state index is 13.4. The quantitative estimate of drug-likeness (QED) is 0.450. The molecular weight excluding hydrogens is 410 g/mol. The fourth-order valence-electron chi connectivity index (χ4n) is 4.08. The first-order valence-electron chi connectivity index (χ1n) is 10.0. The molecule has 0 spiro atoms. The van der Waals surface area contributed by atoms with Crippen molar-refractivity contribution in [1.82, 2.24) is 15.1 Å². The first-order valence-corrected chi connectivity index (χ1v) is 10.4. The van der Waals surface area contributed by atoms with E-state index in [1.54, 1.807) is 12.1 Å². The molecule has 1 aliphatic rings. The number of carbonyl (C=O) groups excluding carboxylic acids is 1. The Morgan fingerprint density at radius 1 is 1.00 bits per heavy atom. The summed E-state index contributed by atoms with van der Waals surface area (Å²) in [5.74, 6) is 0.0809. The Morgan fingerprint density at radius 3 is 2.35 bits per heavy atom. The molecular formula is C25H20ClN3O2.